The topological polar surface area (TPSA) is 17.1 Å². The number of carbonyl (C=O) groups is 1. The summed E-state index contributed by atoms with van der Waals surface area (Å²) in [6, 6.07) is 3.23. The highest BCUT2D eigenvalue weighted by atomic mass is 35.5. The lowest BCUT2D eigenvalue weighted by molar-refractivity contribution is -0.151. The third-order valence-electron chi connectivity index (χ3n) is 1.79. The Hall–Kier alpha value is -1.10. The Morgan fingerprint density at radius 3 is 2.50 bits per heavy atom. The van der Waals surface area contributed by atoms with Crippen LogP contribution >= 0.6 is 11.6 Å². The van der Waals surface area contributed by atoms with Crippen molar-refractivity contribution in [2.24, 2.45) is 0 Å². The first-order chi connectivity index (χ1) is 7.28. The smallest absolute Gasteiger partial charge is 0.299 e. The minimum absolute atomic E-state index is 0.0657. The monoisotopic (exact) mass is 254 g/mol. The summed E-state index contributed by atoms with van der Waals surface area (Å²) in [5, 5.41) is 0.0805. The van der Waals surface area contributed by atoms with Crippen molar-refractivity contribution < 1.29 is 22.4 Å². The number of hydrogen-bond donors (Lipinski definition) is 0. The maximum Gasteiger partial charge on any atom is 0.395 e. The van der Waals surface area contributed by atoms with Crippen molar-refractivity contribution in [2.75, 3.05) is 0 Å². The summed E-state index contributed by atoms with van der Waals surface area (Å²) in [7, 11) is 0. The van der Waals surface area contributed by atoms with Crippen molar-refractivity contribution in [3.8, 4) is 0 Å². The van der Waals surface area contributed by atoms with E-state index in [0.717, 1.165) is 12.1 Å². The van der Waals surface area contributed by atoms with Gasteiger partial charge in [0, 0.05) is 11.4 Å². The number of carbonyl (C=O) groups excluding carboxylic acids is 1. The van der Waals surface area contributed by atoms with Crippen LogP contribution in [0.15, 0.2) is 18.2 Å². The van der Waals surface area contributed by atoms with Gasteiger partial charge in [0.25, 0.3) is 0 Å². The van der Waals surface area contributed by atoms with Gasteiger partial charge in [0.15, 0.2) is 0 Å². The van der Waals surface area contributed by atoms with Crippen molar-refractivity contribution >= 4 is 17.4 Å². The molecule has 0 aliphatic rings. The summed E-state index contributed by atoms with van der Waals surface area (Å²) < 4.78 is 48.3. The minimum atomic E-state index is -4.54. The Labute approximate surface area is 94.0 Å². The predicted molar refractivity (Wildman–Crippen MR) is 50.8 cm³/mol. The third kappa shape index (κ3) is 4.18. The van der Waals surface area contributed by atoms with Crippen molar-refractivity contribution in [1.82, 2.24) is 0 Å². The highest BCUT2D eigenvalue weighted by molar-refractivity contribution is 6.31. The van der Waals surface area contributed by atoms with E-state index < -0.39 is 30.6 Å². The number of hydrogen-bond acceptors (Lipinski definition) is 1. The van der Waals surface area contributed by atoms with E-state index in [2.05, 4.69) is 0 Å². The SMILES string of the molecule is O=C(Cc1cc(F)ccc1Cl)CC(F)(F)F. The average Bonchev–Trinajstić information content (AvgIpc) is 2.08. The number of halogens is 5. The molecule has 1 rings (SSSR count). The molecule has 6 heteroatoms. The third-order valence-corrected chi connectivity index (χ3v) is 2.16. The zero-order valence-electron chi connectivity index (χ0n) is 7.94. The standard InChI is InChI=1S/C10H7ClF4O/c11-9-2-1-7(12)3-6(9)4-8(16)5-10(13,14)15/h1-3H,4-5H2. The Morgan fingerprint density at radius 1 is 1.31 bits per heavy atom. The van der Waals surface area contributed by atoms with Gasteiger partial charge in [0.05, 0.1) is 0 Å². The summed E-state index contributed by atoms with van der Waals surface area (Å²) >= 11 is 5.61. The fourth-order valence-electron chi connectivity index (χ4n) is 1.18. The Bertz CT molecular complexity index is 400. The molecule has 0 spiro atoms. The summed E-state index contributed by atoms with van der Waals surface area (Å²) in [6.45, 7) is 0. The maximum atomic E-state index is 12.7. The van der Waals surface area contributed by atoms with Crippen LogP contribution in [0.25, 0.3) is 0 Å². The molecule has 0 aliphatic heterocycles. The van der Waals surface area contributed by atoms with E-state index >= 15 is 0 Å². The first kappa shape index (κ1) is 13.0. The van der Waals surface area contributed by atoms with E-state index in [0.29, 0.717) is 0 Å². The van der Waals surface area contributed by atoms with Gasteiger partial charge < -0.3 is 0 Å². The molecule has 0 N–H and O–H groups in total. The summed E-state index contributed by atoms with van der Waals surface area (Å²) in [5.74, 6) is -1.68. The molecule has 1 aromatic rings. The maximum absolute atomic E-state index is 12.7. The van der Waals surface area contributed by atoms with Crippen LogP contribution in [0, 0.1) is 5.82 Å². The number of alkyl halides is 3. The number of Topliss-reactive ketones (excluding diaryl/α,β-unsaturated/α-hetero) is 1. The first-order valence-corrected chi connectivity index (χ1v) is 4.68. The second-order valence-corrected chi connectivity index (χ2v) is 3.65. The molecular formula is C10H7ClF4O. The Balaban J connectivity index is 2.73. The normalized spacial score (nSPS) is 11.6. The minimum Gasteiger partial charge on any atom is -0.299 e. The van der Waals surface area contributed by atoms with Crippen LogP contribution < -0.4 is 0 Å². The fraction of sp³-hybridized carbons (Fsp3) is 0.300. The number of benzene rings is 1. The lowest BCUT2D eigenvalue weighted by atomic mass is 10.1. The zero-order chi connectivity index (χ0) is 12.3. The van der Waals surface area contributed by atoms with E-state index in [1.807, 2.05) is 0 Å². The van der Waals surface area contributed by atoms with E-state index in [1.54, 1.807) is 0 Å². The molecule has 0 aromatic heterocycles. The van der Waals surface area contributed by atoms with Crippen molar-refractivity contribution in [2.45, 2.75) is 19.0 Å². The second kappa shape index (κ2) is 4.82. The molecule has 88 valence electrons. The molecule has 0 fully saturated rings. The van der Waals surface area contributed by atoms with Gasteiger partial charge in [-0.1, -0.05) is 11.6 Å². The summed E-state index contributed by atoms with van der Waals surface area (Å²) in [4.78, 5) is 11.0. The molecule has 1 nitrogen and oxygen atoms in total. The average molecular weight is 255 g/mol. The molecule has 16 heavy (non-hydrogen) atoms. The number of ketones is 1. The molecule has 0 radical (unpaired) electrons. The molecule has 0 saturated carbocycles. The van der Waals surface area contributed by atoms with Gasteiger partial charge in [0.2, 0.25) is 0 Å². The van der Waals surface area contributed by atoms with Crippen LogP contribution in [0.3, 0.4) is 0 Å². The summed E-state index contributed by atoms with van der Waals surface area (Å²) in [5.41, 5.74) is 0.0657. The highest BCUT2D eigenvalue weighted by Gasteiger charge is 2.31. The van der Waals surface area contributed by atoms with Crippen LogP contribution in [0.1, 0.15) is 12.0 Å². The van der Waals surface area contributed by atoms with Gasteiger partial charge >= 0.3 is 6.18 Å². The highest BCUT2D eigenvalue weighted by Crippen LogP contribution is 2.23. The molecule has 0 amide bonds. The molecular weight excluding hydrogens is 248 g/mol. The van der Waals surface area contributed by atoms with Gasteiger partial charge in [-0.25, -0.2) is 4.39 Å². The van der Waals surface area contributed by atoms with Crippen LogP contribution in [-0.2, 0) is 11.2 Å². The molecule has 0 bridgehead atoms. The molecule has 1 aromatic carbocycles. The van der Waals surface area contributed by atoms with Crippen molar-refractivity contribution in [3.05, 3.63) is 34.6 Å². The van der Waals surface area contributed by atoms with Crippen LogP contribution in [-0.4, -0.2) is 12.0 Å². The lowest BCUT2D eigenvalue weighted by Gasteiger charge is -2.06. The Morgan fingerprint density at radius 2 is 1.94 bits per heavy atom. The largest absolute Gasteiger partial charge is 0.395 e. The van der Waals surface area contributed by atoms with E-state index in [1.165, 1.54) is 6.07 Å². The van der Waals surface area contributed by atoms with Gasteiger partial charge in [-0.05, 0) is 23.8 Å². The molecule has 0 aliphatic carbocycles. The molecule has 0 heterocycles. The van der Waals surface area contributed by atoms with Crippen molar-refractivity contribution in [1.29, 1.82) is 0 Å². The van der Waals surface area contributed by atoms with Gasteiger partial charge in [-0.2, -0.15) is 13.2 Å². The van der Waals surface area contributed by atoms with E-state index in [-0.39, 0.29) is 10.6 Å². The molecule has 0 unspecified atom stereocenters. The van der Waals surface area contributed by atoms with Gasteiger partial charge in [0.1, 0.15) is 18.0 Å². The van der Waals surface area contributed by atoms with Crippen LogP contribution in [0.4, 0.5) is 17.6 Å². The number of rotatable bonds is 3. The van der Waals surface area contributed by atoms with Crippen LogP contribution in [0.5, 0.6) is 0 Å². The second-order valence-electron chi connectivity index (χ2n) is 3.24. The van der Waals surface area contributed by atoms with Gasteiger partial charge in [-0.3, -0.25) is 4.79 Å². The van der Waals surface area contributed by atoms with E-state index in [4.69, 9.17) is 11.6 Å². The van der Waals surface area contributed by atoms with Crippen molar-refractivity contribution in [3.63, 3.8) is 0 Å². The first-order valence-electron chi connectivity index (χ1n) is 4.30. The van der Waals surface area contributed by atoms with Gasteiger partial charge in [-0.15, -0.1) is 0 Å². The predicted octanol–water partition coefficient (Wildman–Crippen LogP) is 3.54. The molecule has 0 atom stereocenters. The van der Waals surface area contributed by atoms with Crippen LogP contribution in [0.2, 0.25) is 5.02 Å². The quantitative estimate of drug-likeness (QED) is 0.754. The fourth-order valence-corrected chi connectivity index (χ4v) is 1.36. The van der Waals surface area contributed by atoms with E-state index in [9.17, 15) is 22.4 Å². The zero-order valence-corrected chi connectivity index (χ0v) is 8.70. The molecule has 0 saturated heterocycles. The summed E-state index contributed by atoms with van der Waals surface area (Å²) in [6.07, 6.45) is -6.59. The lowest BCUT2D eigenvalue weighted by Crippen LogP contribution is -2.16. The Kier molecular flexibility index (Phi) is 3.91.